The molecule has 4 N–H and O–H groups in total. The zero-order valence-electron chi connectivity index (χ0n) is 30.2. The summed E-state index contributed by atoms with van der Waals surface area (Å²) < 4.78 is 6.85. The number of nitrogens with zero attached hydrogens (tertiary/aromatic N) is 3. The molecule has 4 amide bonds. The van der Waals surface area contributed by atoms with Crippen molar-refractivity contribution in [1.29, 1.82) is 0 Å². The van der Waals surface area contributed by atoms with Crippen LogP contribution < -0.4 is 16.0 Å². The number of carbonyl (C=O) groups is 5. The van der Waals surface area contributed by atoms with Gasteiger partial charge in [0.25, 0.3) is 0 Å². The maximum absolute atomic E-state index is 14.4. The molecular formula is C40H45N7O6. The molecule has 13 heteroatoms. The molecule has 3 aromatic carbocycles. The van der Waals surface area contributed by atoms with Gasteiger partial charge in [-0.25, -0.2) is 9.78 Å². The Labute approximate surface area is 308 Å². The number of fused-ring (bicyclic) bond motifs is 1. The monoisotopic (exact) mass is 719 g/mol. The van der Waals surface area contributed by atoms with Gasteiger partial charge < -0.3 is 30.6 Å². The van der Waals surface area contributed by atoms with Gasteiger partial charge in [0, 0.05) is 56.3 Å². The second-order valence-corrected chi connectivity index (χ2v) is 13.9. The summed E-state index contributed by atoms with van der Waals surface area (Å²) in [6, 6.07) is 22.7. The summed E-state index contributed by atoms with van der Waals surface area (Å²) in [7, 11) is 1.68. The van der Waals surface area contributed by atoms with E-state index in [1.807, 2.05) is 72.8 Å². The van der Waals surface area contributed by atoms with Crippen LogP contribution in [0.4, 0.5) is 4.79 Å². The van der Waals surface area contributed by atoms with E-state index in [0.717, 1.165) is 11.1 Å². The minimum absolute atomic E-state index is 0.0171. The van der Waals surface area contributed by atoms with E-state index in [1.54, 1.807) is 51.0 Å². The first-order valence-corrected chi connectivity index (χ1v) is 17.3. The van der Waals surface area contributed by atoms with Gasteiger partial charge in [-0.15, -0.1) is 0 Å². The number of aromatic nitrogens is 3. The number of rotatable bonds is 15. The van der Waals surface area contributed by atoms with Gasteiger partial charge in [0.15, 0.2) is 0 Å². The Balaban J connectivity index is 1.46. The van der Waals surface area contributed by atoms with E-state index >= 15 is 0 Å². The maximum atomic E-state index is 14.4. The van der Waals surface area contributed by atoms with Crippen LogP contribution in [-0.4, -0.2) is 80.4 Å². The van der Waals surface area contributed by atoms with Crippen molar-refractivity contribution in [2.45, 2.75) is 70.3 Å². The molecule has 0 aliphatic heterocycles. The number of H-pyrrole nitrogens is 1. The molecule has 0 spiro atoms. The first-order valence-electron chi connectivity index (χ1n) is 17.3. The fourth-order valence-electron chi connectivity index (χ4n) is 6.03. The third kappa shape index (κ3) is 10.6. The van der Waals surface area contributed by atoms with Crippen LogP contribution in [0.25, 0.3) is 10.9 Å². The molecule has 0 bridgehead atoms. The lowest BCUT2D eigenvalue weighted by molar-refractivity contribution is -0.137. The summed E-state index contributed by atoms with van der Waals surface area (Å²) >= 11 is 0. The summed E-state index contributed by atoms with van der Waals surface area (Å²) in [5.74, 6) is -1.62. The molecule has 0 fully saturated rings. The van der Waals surface area contributed by atoms with Gasteiger partial charge >= 0.3 is 6.09 Å². The molecule has 5 aromatic rings. The lowest BCUT2D eigenvalue weighted by atomic mass is 10.0. The van der Waals surface area contributed by atoms with Crippen molar-refractivity contribution in [3.63, 3.8) is 0 Å². The zero-order valence-corrected chi connectivity index (χ0v) is 30.2. The van der Waals surface area contributed by atoms with Crippen molar-refractivity contribution in [3.8, 4) is 0 Å². The average molecular weight is 720 g/mol. The topological polar surface area (TPSA) is 168 Å². The van der Waals surface area contributed by atoms with Gasteiger partial charge in [-0.05, 0) is 43.5 Å². The third-order valence-corrected chi connectivity index (χ3v) is 8.52. The molecule has 1 unspecified atom stereocenters. The quantitative estimate of drug-likeness (QED) is 0.119. The number of nitrogens with one attached hydrogen (secondary N) is 4. The molecule has 53 heavy (non-hydrogen) atoms. The summed E-state index contributed by atoms with van der Waals surface area (Å²) in [5, 5.41) is 9.11. The molecule has 0 radical (unpaired) electrons. The summed E-state index contributed by atoms with van der Waals surface area (Å²) in [5.41, 5.74) is 2.73. The van der Waals surface area contributed by atoms with Crippen molar-refractivity contribution >= 4 is 41.1 Å². The second kappa shape index (κ2) is 17.3. The molecule has 0 saturated carbocycles. The summed E-state index contributed by atoms with van der Waals surface area (Å²) in [6.07, 6.45) is 4.63. The Hall–Kier alpha value is -6.24. The maximum Gasteiger partial charge on any atom is 0.408 e. The number of ether oxygens (including phenoxy) is 1. The molecule has 0 aliphatic carbocycles. The second-order valence-electron chi connectivity index (χ2n) is 13.9. The highest BCUT2D eigenvalue weighted by atomic mass is 16.6. The van der Waals surface area contributed by atoms with Crippen LogP contribution in [-0.2, 0) is 49.7 Å². The van der Waals surface area contributed by atoms with E-state index in [1.165, 1.54) is 17.1 Å². The third-order valence-electron chi connectivity index (χ3n) is 8.52. The lowest BCUT2D eigenvalue weighted by Crippen LogP contribution is -2.58. The molecular weight excluding hydrogens is 674 g/mol. The predicted molar refractivity (Wildman–Crippen MR) is 200 cm³/mol. The van der Waals surface area contributed by atoms with Crippen molar-refractivity contribution < 1.29 is 28.7 Å². The van der Waals surface area contributed by atoms with Gasteiger partial charge in [0.1, 0.15) is 23.7 Å². The first-order chi connectivity index (χ1) is 25.4. The van der Waals surface area contributed by atoms with E-state index in [-0.39, 0.29) is 25.2 Å². The molecule has 13 nitrogen and oxygen atoms in total. The van der Waals surface area contributed by atoms with Gasteiger partial charge in [0.2, 0.25) is 24.1 Å². The van der Waals surface area contributed by atoms with E-state index in [0.29, 0.717) is 35.1 Å². The number of carbonyl (C=O) groups excluding carboxylic acids is 5. The van der Waals surface area contributed by atoms with Crippen molar-refractivity contribution in [2.75, 3.05) is 7.05 Å². The molecule has 276 valence electrons. The fraction of sp³-hybridized carbons (Fsp3) is 0.300. The molecule has 0 saturated heterocycles. The molecule has 0 aliphatic rings. The Morgan fingerprint density at radius 2 is 1.42 bits per heavy atom. The Kier molecular flexibility index (Phi) is 12.4. The molecule has 2 heterocycles. The van der Waals surface area contributed by atoms with Gasteiger partial charge in [-0.3, -0.25) is 23.7 Å². The fourth-order valence-corrected chi connectivity index (χ4v) is 6.03. The van der Waals surface area contributed by atoms with E-state index in [9.17, 15) is 24.0 Å². The van der Waals surface area contributed by atoms with Crippen LogP contribution in [0.3, 0.4) is 0 Å². The molecule has 2 aromatic heterocycles. The Morgan fingerprint density at radius 1 is 0.811 bits per heavy atom. The highest BCUT2D eigenvalue weighted by molar-refractivity contribution is 5.95. The largest absolute Gasteiger partial charge is 0.444 e. The number of hydrogen-bond acceptors (Lipinski definition) is 7. The number of amides is 4. The minimum Gasteiger partial charge on any atom is -0.444 e. The number of likely N-dealkylation sites (N-methyl/N-ethyl adjacent to an activating group) is 1. The first kappa shape index (κ1) is 38.0. The van der Waals surface area contributed by atoms with E-state index in [4.69, 9.17) is 4.74 Å². The van der Waals surface area contributed by atoms with Crippen LogP contribution in [0.1, 0.15) is 43.2 Å². The molecule has 5 rings (SSSR count). The number of imidazole rings is 1. The smallest absolute Gasteiger partial charge is 0.408 e. The summed E-state index contributed by atoms with van der Waals surface area (Å²) in [6.45, 7) is 5.43. The van der Waals surface area contributed by atoms with Crippen LogP contribution in [0.2, 0.25) is 0 Å². The zero-order chi connectivity index (χ0) is 38.0. The Bertz CT molecular complexity index is 2010. The number of benzene rings is 3. The van der Waals surface area contributed by atoms with Crippen LogP contribution in [0.5, 0.6) is 0 Å². The minimum atomic E-state index is -1.23. The van der Waals surface area contributed by atoms with E-state index < -0.39 is 41.6 Å². The number of para-hydroxylation sites is 1. The number of hydrogen-bond donors (Lipinski definition) is 4. The molecule has 3 atom stereocenters. The normalized spacial score (nSPS) is 13.0. The number of alkyl carbamates (subject to hydrolysis) is 1. The Morgan fingerprint density at radius 3 is 2.04 bits per heavy atom. The SMILES string of the molecule is CN(Cc1ccccc1)C(=O)[C@H](Cc1ccccc1)NC(=O)[C@@H](Cc1cn(C=O)c2ccccc12)NC(=O)C(Cc1cnc[nH]1)NC(=O)OC(C)(C)C. The number of aromatic amines is 1. The average Bonchev–Trinajstić information content (AvgIpc) is 3.78. The lowest BCUT2D eigenvalue weighted by Gasteiger charge is -2.28. The van der Waals surface area contributed by atoms with Crippen LogP contribution in [0.15, 0.2) is 104 Å². The van der Waals surface area contributed by atoms with Gasteiger partial charge in [-0.1, -0.05) is 78.9 Å². The predicted octanol–water partition coefficient (Wildman–Crippen LogP) is 3.95. The van der Waals surface area contributed by atoms with Gasteiger partial charge in [-0.2, -0.15) is 0 Å². The summed E-state index contributed by atoms with van der Waals surface area (Å²) in [4.78, 5) is 75.9. The highest BCUT2D eigenvalue weighted by Gasteiger charge is 2.33. The van der Waals surface area contributed by atoms with E-state index in [2.05, 4.69) is 25.9 Å². The van der Waals surface area contributed by atoms with Crippen LogP contribution >= 0.6 is 0 Å². The van der Waals surface area contributed by atoms with Crippen molar-refractivity contribution in [3.05, 3.63) is 126 Å². The van der Waals surface area contributed by atoms with Crippen molar-refractivity contribution in [1.82, 2.24) is 35.4 Å². The standard InChI is InChI=1S/C40H45N7O6/c1-40(2,3)53-39(52)45-33(21-30-22-41-25-42-30)37(50)43-32(20-29-24-47(26-48)35-18-12-11-17-31(29)35)36(49)44-34(19-27-13-7-5-8-14-27)38(51)46(4)23-28-15-9-6-10-16-28/h5-18,22,24-26,32-34H,19-21,23H2,1-4H3,(H,41,42)(H,43,50)(H,44,49)(H,45,52)/t32-,33?,34+/m1/s1. The van der Waals surface area contributed by atoms with Gasteiger partial charge in [0.05, 0.1) is 11.8 Å². The van der Waals surface area contributed by atoms with Crippen molar-refractivity contribution in [2.24, 2.45) is 0 Å². The highest BCUT2D eigenvalue weighted by Crippen LogP contribution is 2.22. The van der Waals surface area contributed by atoms with Crippen LogP contribution in [0, 0.1) is 0 Å².